The first-order valence-corrected chi connectivity index (χ1v) is 5.46. The van der Waals surface area contributed by atoms with Crippen molar-refractivity contribution in [3.05, 3.63) is 34.9 Å². The summed E-state index contributed by atoms with van der Waals surface area (Å²) in [4.78, 5) is 2.21. The molecule has 0 aliphatic carbocycles. The fourth-order valence-electron chi connectivity index (χ4n) is 1.65. The highest BCUT2D eigenvalue weighted by atomic mass is 35.5. The van der Waals surface area contributed by atoms with Gasteiger partial charge in [0.05, 0.1) is 0 Å². The Bertz CT molecular complexity index is 300. The van der Waals surface area contributed by atoms with Crippen LogP contribution in [0.4, 0.5) is 0 Å². The van der Waals surface area contributed by atoms with E-state index in [9.17, 15) is 0 Å². The molecule has 1 aromatic carbocycles. The van der Waals surface area contributed by atoms with Gasteiger partial charge in [0, 0.05) is 23.7 Å². The Kier molecular flexibility index (Phi) is 4.14. The molecule has 0 radical (unpaired) electrons. The van der Waals surface area contributed by atoms with Crippen molar-refractivity contribution in [3.63, 3.8) is 0 Å². The molecule has 0 bridgehead atoms. The maximum absolute atomic E-state index is 5.95. The molecule has 3 heteroatoms. The largest absolute Gasteiger partial charge is 0.324 e. The predicted molar refractivity (Wildman–Crippen MR) is 66.1 cm³/mol. The van der Waals surface area contributed by atoms with Crippen molar-refractivity contribution in [3.8, 4) is 0 Å². The fraction of sp³-hybridized carbons (Fsp3) is 0.500. The number of rotatable bonds is 4. The molecular formula is C12H19ClN2. The average Bonchev–Trinajstić information content (AvgIpc) is 2.05. The van der Waals surface area contributed by atoms with Gasteiger partial charge in [0.2, 0.25) is 0 Å². The predicted octanol–water partition coefficient (Wildman–Crippen LogP) is 2.51. The van der Waals surface area contributed by atoms with Crippen LogP contribution in [0.25, 0.3) is 0 Å². The maximum Gasteiger partial charge on any atom is 0.0406 e. The van der Waals surface area contributed by atoms with Crippen molar-refractivity contribution in [1.82, 2.24) is 4.90 Å². The summed E-state index contributed by atoms with van der Waals surface area (Å²) >= 11 is 5.82. The zero-order chi connectivity index (χ0) is 11.5. The van der Waals surface area contributed by atoms with Crippen LogP contribution in [0.3, 0.4) is 0 Å². The molecule has 1 aromatic rings. The van der Waals surface area contributed by atoms with E-state index in [0.29, 0.717) is 0 Å². The first-order valence-electron chi connectivity index (χ1n) is 5.09. The van der Waals surface area contributed by atoms with E-state index < -0.39 is 0 Å². The molecule has 0 aliphatic heterocycles. The van der Waals surface area contributed by atoms with Gasteiger partial charge >= 0.3 is 0 Å². The Morgan fingerprint density at radius 3 is 2.27 bits per heavy atom. The van der Waals surface area contributed by atoms with E-state index in [1.54, 1.807) is 0 Å². The molecule has 0 atom stereocenters. The third-order valence-electron chi connectivity index (χ3n) is 2.04. The van der Waals surface area contributed by atoms with Crippen molar-refractivity contribution >= 4 is 11.6 Å². The first kappa shape index (κ1) is 12.5. The van der Waals surface area contributed by atoms with Gasteiger partial charge < -0.3 is 10.6 Å². The van der Waals surface area contributed by atoms with Gasteiger partial charge in [-0.3, -0.25) is 0 Å². The van der Waals surface area contributed by atoms with Crippen molar-refractivity contribution in [2.75, 3.05) is 13.6 Å². The number of benzene rings is 1. The van der Waals surface area contributed by atoms with Crippen LogP contribution in [0, 0.1) is 0 Å². The summed E-state index contributed by atoms with van der Waals surface area (Å²) in [6.07, 6.45) is 0. The Hall–Kier alpha value is -0.570. The molecule has 0 spiro atoms. The molecule has 0 saturated carbocycles. The van der Waals surface area contributed by atoms with Crippen LogP contribution in [-0.4, -0.2) is 24.0 Å². The van der Waals surface area contributed by atoms with Crippen LogP contribution in [0.15, 0.2) is 24.3 Å². The number of likely N-dealkylation sites (N-methyl/N-ethyl adjacent to an activating group) is 1. The van der Waals surface area contributed by atoms with Gasteiger partial charge in [-0.15, -0.1) is 0 Å². The van der Waals surface area contributed by atoms with Gasteiger partial charge in [-0.25, -0.2) is 0 Å². The second-order valence-electron chi connectivity index (χ2n) is 4.79. The van der Waals surface area contributed by atoms with Gasteiger partial charge in [0.15, 0.2) is 0 Å². The van der Waals surface area contributed by atoms with Gasteiger partial charge in [-0.1, -0.05) is 23.7 Å². The standard InChI is InChI=1S/C12H19ClN2/c1-12(2,14)9-15(3)8-10-4-6-11(13)7-5-10/h4-7H,8-9,14H2,1-3H3. The highest BCUT2D eigenvalue weighted by Crippen LogP contribution is 2.11. The van der Waals surface area contributed by atoms with Gasteiger partial charge in [0.1, 0.15) is 0 Å². The molecule has 15 heavy (non-hydrogen) atoms. The molecule has 0 saturated heterocycles. The second kappa shape index (κ2) is 4.97. The number of nitrogens with two attached hydrogens (primary N) is 1. The van der Waals surface area contributed by atoms with Crippen LogP contribution in [0.1, 0.15) is 19.4 Å². The highest BCUT2D eigenvalue weighted by molar-refractivity contribution is 6.30. The van der Waals surface area contributed by atoms with Crippen molar-refractivity contribution in [1.29, 1.82) is 0 Å². The lowest BCUT2D eigenvalue weighted by atomic mass is 10.1. The summed E-state index contributed by atoms with van der Waals surface area (Å²) in [5, 5.41) is 0.778. The number of hydrogen-bond acceptors (Lipinski definition) is 2. The normalized spacial score (nSPS) is 12.1. The number of hydrogen-bond donors (Lipinski definition) is 1. The maximum atomic E-state index is 5.95. The van der Waals surface area contributed by atoms with Crippen molar-refractivity contribution in [2.45, 2.75) is 25.9 Å². The molecule has 0 fully saturated rings. The van der Waals surface area contributed by atoms with Gasteiger partial charge in [-0.05, 0) is 38.6 Å². The molecule has 0 aromatic heterocycles. The Morgan fingerprint density at radius 2 is 1.80 bits per heavy atom. The lowest BCUT2D eigenvalue weighted by Gasteiger charge is -2.26. The van der Waals surface area contributed by atoms with Crippen LogP contribution >= 0.6 is 11.6 Å². The zero-order valence-corrected chi connectivity index (χ0v) is 10.4. The zero-order valence-electron chi connectivity index (χ0n) is 9.63. The highest BCUT2D eigenvalue weighted by Gasteiger charge is 2.13. The van der Waals surface area contributed by atoms with Crippen LogP contribution < -0.4 is 5.73 Å². The van der Waals surface area contributed by atoms with E-state index in [1.807, 2.05) is 38.1 Å². The van der Waals surface area contributed by atoms with E-state index in [1.165, 1.54) is 5.56 Å². The van der Waals surface area contributed by atoms with E-state index >= 15 is 0 Å². The monoisotopic (exact) mass is 226 g/mol. The minimum Gasteiger partial charge on any atom is -0.324 e. The Labute approximate surface area is 97.0 Å². The fourth-order valence-corrected chi connectivity index (χ4v) is 1.78. The number of halogens is 1. The van der Waals surface area contributed by atoms with Crippen LogP contribution in [-0.2, 0) is 6.54 Å². The molecule has 84 valence electrons. The second-order valence-corrected chi connectivity index (χ2v) is 5.22. The quantitative estimate of drug-likeness (QED) is 0.855. The SMILES string of the molecule is CN(Cc1ccc(Cl)cc1)CC(C)(C)N. The van der Waals surface area contributed by atoms with Crippen LogP contribution in [0.2, 0.25) is 5.02 Å². The minimum absolute atomic E-state index is 0.152. The summed E-state index contributed by atoms with van der Waals surface area (Å²) in [5.41, 5.74) is 7.06. The summed E-state index contributed by atoms with van der Waals surface area (Å²) in [7, 11) is 2.07. The van der Waals surface area contributed by atoms with Crippen molar-refractivity contribution in [2.24, 2.45) is 5.73 Å². The van der Waals surface area contributed by atoms with Gasteiger partial charge in [-0.2, -0.15) is 0 Å². The van der Waals surface area contributed by atoms with E-state index in [0.717, 1.165) is 18.1 Å². The average molecular weight is 227 g/mol. The number of nitrogens with zero attached hydrogens (tertiary/aromatic N) is 1. The summed E-state index contributed by atoms with van der Waals surface area (Å²) < 4.78 is 0. The van der Waals surface area contributed by atoms with E-state index in [-0.39, 0.29) is 5.54 Å². The van der Waals surface area contributed by atoms with Crippen molar-refractivity contribution < 1.29 is 0 Å². The molecular weight excluding hydrogens is 208 g/mol. The Morgan fingerprint density at radius 1 is 1.27 bits per heavy atom. The van der Waals surface area contributed by atoms with E-state index in [4.69, 9.17) is 17.3 Å². The molecule has 0 aliphatic rings. The van der Waals surface area contributed by atoms with Gasteiger partial charge in [0.25, 0.3) is 0 Å². The third kappa shape index (κ3) is 5.17. The van der Waals surface area contributed by atoms with Crippen LogP contribution in [0.5, 0.6) is 0 Å². The molecule has 2 N–H and O–H groups in total. The Balaban J connectivity index is 2.51. The topological polar surface area (TPSA) is 29.3 Å². The molecule has 1 rings (SSSR count). The van der Waals surface area contributed by atoms with E-state index in [2.05, 4.69) is 11.9 Å². The summed E-state index contributed by atoms with van der Waals surface area (Å²) in [6, 6.07) is 7.92. The first-order chi connectivity index (χ1) is 6.87. The summed E-state index contributed by atoms with van der Waals surface area (Å²) in [5.74, 6) is 0. The lowest BCUT2D eigenvalue weighted by Crippen LogP contribution is -2.43. The minimum atomic E-state index is -0.152. The molecule has 2 nitrogen and oxygen atoms in total. The third-order valence-corrected chi connectivity index (χ3v) is 2.30. The molecule has 0 amide bonds. The molecule has 0 unspecified atom stereocenters. The lowest BCUT2D eigenvalue weighted by molar-refractivity contribution is 0.263. The molecule has 0 heterocycles. The smallest absolute Gasteiger partial charge is 0.0406 e. The summed E-state index contributed by atoms with van der Waals surface area (Å²) in [6.45, 7) is 5.84.